The fraction of sp³-hybridized carbons (Fsp3) is 0.579. The van der Waals surface area contributed by atoms with Gasteiger partial charge >= 0.3 is 0 Å². The molecule has 4 aromatic carbocycles. The molecule has 3 atom stereocenters. The average molecular weight is 858 g/mol. The quantitative estimate of drug-likeness (QED) is 0.117. The highest BCUT2D eigenvalue weighted by molar-refractivity contribution is 5.35. The molecule has 2 N–H and O–H groups in total. The lowest BCUT2D eigenvalue weighted by atomic mass is 9.71. The fourth-order valence-electron chi connectivity index (χ4n) is 10.9. The van der Waals surface area contributed by atoms with Gasteiger partial charge in [0.1, 0.15) is 6.10 Å². The van der Waals surface area contributed by atoms with Crippen molar-refractivity contribution in [2.45, 2.75) is 133 Å². The zero-order chi connectivity index (χ0) is 44.2. The number of hydrogen-bond donors (Lipinski definition) is 2. The van der Waals surface area contributed by atoms with Crippen molar-refractivity contribution in [3.8, 4) is 0 Å². The van der Waals surface area contributed by atoms with E-state index in [1.165, 1.54) is 139 Å². The van der Waals surface area contributed by atoms with Gasteiger partial charge in [0.2, 0.25) is 0 Å². The Bertz CT molecular complexity index is 1800. The minimum Gasteiger partial charge on any atom is -0.385 e. The van der Waals surface area contributed by atoms with Crippen molar-refractivity contribution in [2.75, 3.05) is 66.5 Å². The first-order chi connectivity index (χ1) is 30.8. The highest BCUT2D eigenvalue weighted by atomic mass is 16.5. The lowest BCUT2D eigenvalue weighted by molar-refractivity contribution is -0.0529. The van der Waals surface area contributed by atoms with E-state index < -0.39 is 11.2 Å². The SMILES string of the molecule is Cc1ccccc1C(OCCN(C)C)c1ccccc1.OC(CCN1CCCC1)(c1ccccc1)C1CCCCC1.OC(CCN1CCCCC1)(c1ccccc1)C1CCCCC1. The summed E-state index contributed by atoms with van der Waals surface area (Å²) in [6, 6.07) is 39.8. The van der Waals surface area contributed by atoms with Crippen LogP contribution in [0.2, 0.25) is 0 Å². The zero-order valence-electron chi connectivity index (χ0n) is 39.5. The normalized spacial score (nSPS) is 20.4. The zero-order valence-corrected chi connectivity index (χ0v) is 39.5. The number of likely N-dealkylation sites (tertiary alicyclic amines) is 2. The number of benzene rings is 4. The van der Waals surface area contributed by atoms with E-state index in [1.54, 1.807) is 0 Å². The topological polar surface area (TPSA) is 59.4 Å². The number of likely N-dealkylation sites (N-methyl/N-ethyl adjacent to an activating group) is 1. The number of piperidine rings is 1. The third-order valence-corrected chi connectivity index (χ3v) is 14.8. The Morgan fingerprint density at radius 3 is 1.38 bits per heavy atom. The Labute approximate surface area is 383 Å². The molecule has 6 nitrogen and oxygen atoms in total. The second kappa shape index (κ2) is 26.0. The molecule has 2 aliphatic heterocycles. The molecular weight excluding hydrogens is 775 g/mol. The molecule has 2 saturated carbocycles. The molecule has 6 heteroatoms. The Morgan fingerprint density at radius 1 is 0.540 bits per heavy atom. The van der Waals surface area contributed by atoms with Gasteiger partial charge in [-0.3, -0.25) is 0 Å². The summed E-state index contributed by atoms with van der Waals surface area (Å²) in [7, 11) is 4.13. The van der Waals surface area contributed by atoms with Crippen LogP contribution >= 0.6 is 0 Å². The van der Waals surface area contributed by atoms with Crippen LogP contribution in [0.4, 0.5) is 0 Å². The third-order valence-electron chi connectivity index (χ3n) is 14.8. The van der Waals surface area contributed by atoms with Crippen LogP contribution in [0.15, 0.2) is 115 Å². The number of nitrogens with zero attached hydrogens (tertiary/aromatic N) is 3. The molecule has 63 heavy (non-hydrogen) atoms. The first kappa shape index (κ1) is 49.1. The lowest BCUT2D eigenvalue weighted by Gasteiger charge is -2.40. The molecule has 8 rings (SSSR count). The first-order valence-corrected chi connectivity index (χ1v) is 25.1. The number of aliphatic hydroxyl groups is 2. The maximum atomic E-state index is 11.6. The highest BCUT2D eigenvalue weighted by Gasteiger charge is 2.40. The van der Waals surface area contributed by atoms with Gasteiger partial charge in [0.15, 0.2) is 0 Å². The summed E-state index contributed by atoms with van der Waals surface area (Å²) in [5, 5.41) is 23.2. The summed E-state index contributed by atoms with van der Waals surface area (Å²) in [6.07, 6.45) is 21.0. The van der Waals surface area contributed by atoms with Crippen molar-refractivity contribution in [1.29, 1.82) is 0 Å². The number of ether oxygens (including phenoxy) is 1. The summed E-state index contributed by atoms with van der Waals surface area (Å²) in [6.45, 7) is 10.7. The summed E-state index contributed by atoms with van der Waals surface area (Å²) < 4.78 is 6.16. The van der Waals surface area contributed by atoms with E-state index in [9.17, 15) is 10.2 Å². The van der Waals surface area contributed by atoms with Crippen molar-refractivity contribution >= 4 is 0 Å². The molecule has 2 saturated heterocycles. The Morgan fingerprint density at radius 2 is 0.937 bits per heavy atom. The van der Waals surface area contributed by atoms with Gasteiger partial charge in [-0.25, -0.2) is 0 Å². The summed E-state index contributed by atoms with van der Waals surface area (Å²) >= 11 is 0. The van der Waals surface area contributed by atoms with E-state index in [0.29, 0.717) is 11.8 Å². The molecule has 2 aliphatic carbocycles. The second-order valence-electron chi connectivity index (χ2n) is 19.5. The van der Waals surface area contributed by atoms with Crippen LogP contribution in [-0.4, -0.2) is 91.4 Å². The van der Waals surface area contributed by atoms with Crippen LogP contribution in [0.3, 0.4) is 0 Å². The molecule has 344 valence electrons. The largest absolute Gasteiger partial charge is 0.385 e. The smallest absolute Gasteiger partial charge is 0.108 e. The van der Waals surface area contributed by atoms with Crippen molar-refractivity contribution in [3.63, 3.8) is 0 Å². The molecule has 0 aromatic heterocycles. The van der Waals surface area contributed by atoms with E-state index in [2.05, 4.69) is 139 Å². The van der Waals surface area contributed by atoms with Crippen LogP contribution in [-0.2, 0) is 15.9 Å². The Kier molecular flexibility index (Phi) is 20.2. The van der Waals surface area contributed by atoms with Crippen LogP contribution in [0.5, 0.6) is 0 Å². The first-order valence-electron chi connectivity index (χ1n) is 25.1. The van der Waals surface area contributed by atoms with Crippen molar-refractivity contribution in [2.24, 2.45) is 11.8 Å². The van der Waals surface area contributed by atoms with Crippen molar-refractivity contribution < 1.29 is 14.9 Å². The minimum atomic E-state index is -0.626. The molecule has 0 amide bonds. The van der Waals surface area contributed by atoms with E-state index in [4.69, 9.17) is 4.74 Å². The van der Waals surface area contributed by atoms with E-state index in [-0.39, 0.29) is 6.10 Å². The van der Waals surface area contributed by atoms with Crippen LogP contribution in [0, 0.1) is 18.8 Å². The second-order valence-corrected chi connectivity index (χ2v) is 19.5. The molecular formula is C57H83N3O3. The van der Waals surface area contributed by atoms with Gasteiger partial charge in [-0.2, -0.15) is 0 Å². The molecule has 3 unspecified atom stereocenters. The predicted octanol–water partition coefficient (Wildman–Crippen LogP) is 11.9. The minimum absolute atomic E-state index is 0.0114. The van der Waals surface area contributed by atoms with Gasteiger partial charge < -0.3 is 29.6 Å². The maximum absolute atomic E-state index is 11.6. The Balaban J connectivity index is 0.000000158. The third kappa shape index (κ3) is 14.8. The van der Waals surface area contributed by atoms with Crippen LogP contribution in [0.1, 0.15) is 143 Å². The van der Waals surface area contributed by atoms with Gasteiger partial charge in [0.25, 0.3) is 0 Å². The van der Waals surface area contributed by atoms with E-state index in [1.807, 2.05) is 12.1 Å². The van der Waals surface area contributed by atoms with Gasteiger partial charge in [-0.15, -0.1) is 0 Å². The summed E-state index contributed by atoms with van der Waals surface area (Å²) in [4.78, 5) is 7.22. The van der Waals surface area contributed by atoms with Crippen molar-refractivity contribution in [3.05, 3.63) is 143 Å². The lowest BCUT2D eigenvalue weighted by Crippen LogP contribution is -2.41. The molecule has 4 aliphatic rings. The number of hydrogen-bond acceptors (Lipinski definition) is 6. The van der Waals surface area contributed by atoms with Gasteiger partial charge in [-0.1, -0.05) is 160 Å². The van der Waals surface area contributed by atoms with Gasteiger partial charge in [0, 0.05) is 19.6 Å². The van der Waals surface area contributed by atoms with E-state index >= 15 is 0 Å². The number of rotatable bonds is 16. The molecule has 0 bridgehead atoms. The van der Waals surface area contributed by atoms with Gasteiger partial charge in [0.05, 0.1) is 17.8 Å². The summed E-state index contributed by atoms with van der Waals surface area (Å²) in [5.41, 5.74) is 4.75. The van der Waals surface area contributed by atoms with Crippen LogP contribution in [0.25, 0.3) is 0 Å². The van der Waals surface area contributed by atoms with Gasteiger partial charge in [-0.05, 0) is 151 Å². The molecule has 0 spiro atoms. The monoisotopic (exact) mass is 858 g/mol. The summed E-state index contributed by atoms with van der Waals surface area (Å²) in [5.74, 6) is 0.879. The molecule has 4 aromatic rings. The highest BCUT2D eigenvalue weighted by Crippen LogP contribution is 2.43. The predicted molar refractivity (Wildman–Crippen MR) is 263 cm³/mol. The van der Waals surface area contributed by atoms with Crippen LogP contribution < -0.4 is 0 Å². The van der Waals surface area contributed by atoms with E-state index in [0.717, 1.165) is 50.2 Å². The standard InChI is InChI=1S/C20H31NO.C19H29NO.C18H23NO/c22-20(18-10-4-1-5-11-18,19-12-6-2-7-13-19)14-17-21-15-8-3-9-16-21;21-19(17-9-3-1-4-10-17,18-11-5-2-6-12-18)13-16-20-14-7-8-15-20;1-15-9-7-8-12-17(15)18(20-14-13-19(2)3)16-10-5-4-6-11-16/h1,4-5,10-11,19,22H,2-3,6-9,12-17H2;1,3-4,9-10,18,21H,2,5-8,11-16H2;4-12,18H,13-14H2,1-3H3. The molecule has 2 heterocycles. The van der Waals surface area contributed by atoms with Crippen molar-refractivity contribution in [1.82, 2.24) is 14.7 Å². The Hall–Kier alpha value is -3.36. The fourth-order valence-corrected chi connectivity index (χ4v) is 10.9. The number of aryl methyl sites for hydroxylation is 1. The average Bonchev–Trinajstić information content (AvgIpc) is 3.88. The maximum Gasteiger partial charge on any atom is 0.108 e. The molecule has 0 radical (unpaired) electrons. The molecule has 4 fully saturated rings.